The summed E-state index contributed by atoms with van der Waals surface area (Å²) in [6, 6.07) is 16.2. The molecule has 0 fully saturated rings. The molecule has 3 heterocycles. The lowest BCUT2D eigenvalue weighted by Crippen LogP contribution is -2.40. The molecule has 6 nitrogen and oxygen atoms in total. The minimum Gasteiger partial charge on any atom is -0.493 e. The molecule has 7 heteroatoms. The smallest absolute Gasteiger partial charge is 0.256 e. The minimum absolute atomic E-state index is 0.0703. The second kappa shape index (κ2) is 10.3. The van der Waals surface area contributed by atoms with E-state index in [0.29, 0.717) is 31.1 Å². The van der Waals surface area contributed by atoms with Gasteiger partial charge in [-0.05, 0) is 62.1 Å². The molecule has 2 aromatic carbocycles. The molecule has 0 aliphatic carbocycles. The van der Waals surface area contributed by atoms with Gasteiger partial charge in [-0.1, -0.05) is 24.3 Å². The van der Waals surface area contributed by atoms with Crippen molar-refractivity contribution >= 4 is 28.1 Å². The van der Waals surface area contributed by atoms with Gasteiger partial charge in [0.25, 0.3) is 5.91 Å². The first kappa shape index (κ1) is 24.3. The summed E-state index contributed by atoms with van der Waals surface area (Å²) in [7, 11) is 3.28. The Morgan fingerprint density at radius 1 is 1.06 bits per heavy atom. The number of hydrogen-bond donors (Lipinski definition) is 0. The highest BCUT2D eigenvalue weighted by molar-refractivity contribution is 7.14. The summed E-state index contributed by atoms with van der Waals surface area (Å²) in [6.07, 6.45) is 3.51. The molecule has 2 aromatic heterocycles. The largest absolute Gasteiger partial charge is 0.493 e. The monoisotopic (exact) mass is 504 g/mol. The van der Waals surface area contributed by atoms with Crippen molar-refractivity contribution in [1.82, 2.24) is 9.47 Å². The van der Waals surface area contributed by atoms with Crippen LogP contribution in [-0.2, 0) is 19.4 Å². The van der Waals surface area contributed by atoms with E-state index in [2.05, 4.69) is 29.7 Å². The number of carbonyl (C=O) groups excluding carboxylic acids is 1. The number of carbonyl (C=O) groups is 1. The van der Waals surface area contributed by atoms with Gasteiger partial charge in [0.05, 0.1) is 32.4 Å². The maximum Gasteiger partial charge on any atom is 0.256 e. The predicted octanol–water partition coefficient (Wildman–Crippen LogP) is 6.12. The van der Waals surface area contributed by atoms with Crippen LogP contribution in [0.1, 0.15) is 46.3 Å². The quantitative estimate of drug-likeness (QED) is 0.290. The number of para-hydroxylation sites is 1. The van der Waals surface area contributed by atoms with Crippen LogP contribution >= 0.6 is 11.3 Å². The maximum absolute atomic E-state index is 14.2. The third-order valence-corrected chi connectivity index (χ3v) is 8.10. The van der Waals surface area contributed by atoms with Crippen LogP contribution in [0.25, 0.3) is 10.9 Å². The zero-order chi connectivity index (χ0) is 25.2. The number of benzene rings is 2. The average Bonchev–Trinajstić information content (AvgIpc) is 3.50. The SMILES string of the molecule is CCOc1cc2c(s1)C(Cc1ccc(OC)c(OC)c1)N(C(=O)c1cn(CC)c3ccccc13)CC2. The number of thiophene rings is 1. The van der Waals surface area contributed by atoms with E-state index in [-0.39, 0.29) is 11.9 Å². The highest BCUT2D eigenvalue weighted by Gasteiger charge is 2.35. The molecule has 0 saturated heterocycles. The van der Waals surface area contributed by atoms with E-state index in [1.54, 1.807) is 25.6 Å². The first-order valence-corrected chi connectivity index (χ1v) is 13.2. The summed E-state index contributed by atoms with van der Waals surface area (Å²) in [5, 5.41) is 1.91. The Hall–Kier alpha value is -3.45. The van der Waals surface area contributed by atoms with E-state index in [9.17, 15) is 4.79 Å². The van der Waals surface area contributed by atoms with Crippen LogP contribution in [0.4, 0.5) is 0 Å². The third-order valence-electron chi connectivity index (χ3n) is 6.90. The lowest BCUT2D eigenvalue weighted by molar-refractivity contribution is 0.0666. The molecule has 1 amide bonds. The average molecular weight is 505 g/mol. The number of aromatic nitrogens is 1. The van der Waals surface area contributed by atoms with Crippen LogP contribution in [0, 0.1) is 0 Å². The van der Waals surface area contributed by atoms with E-state index in [1.165, 1.54) is 10.4 Å². The van der Waals surface area contributed by atoms with E-state index < -0.39 is 0 Å². The van der Waals surface area contributed by atoms with Gasteiger partial charge in [0, 0.05) is 35.1 Å². The number of methoxy groups -OCH3 is 2. The van der Waals surface area contributed by atoms with Gasteiger partial charge in [-0.25, -0.2) is 0 Å². The van der Waals surface area contributed by atoms with Gasteiger partial charge < -0.3 is 23.7 Å². The number of ether oxygens (including phenoxy) is 3. The molecule has 0 spiro atoms. The summed E-state index contributed by atoms with van der Waals surface area (Å²) in [4.78, 5) is 17.4. The van der Waals surface area contributed by atoms with Crippen molar-refractivity contribution in [3.63, 3.8) is 0 Å². The third kappa shape index (κ3) is 4.32. The predicted molar refractivity (Wildman–Crippen MR) is 144 cm³/mol. The molecule has 0 N–H and O–H groups in total. The summed E-state index contributed by atoms with van der Waals surface area (Å²) >= 11 is 1.66. The van der Waals surface area contributed by atoms with E-state index >= 15 is 0 Å². The topological polar surface area (TPSA) is 52.9 Å². The van der Waals surface area contributed by atoms with Crippen LogP contribution in [-0.4, -0.2) is 42.7 Å². The fourth-order valence-corrected chi connectivity index (χ4v) is 6.39. The Morgan fingerprint density at radius 2 is 1.86 bits per heavy atom. The molecule has 0 bridgehead atoms. The Kier molecular flexibility index (Phi) is 6.92. The van der Waals surface area contributed by atoms with Crippen molar-refractivity contribution in [3.05, 3.63) is 76.3 Å². The second-order valence-corrected chi connectivity index (χ2v) is 9.94. The number of aryl methyl sites for hydroxylation is 1. The summed E-state index contributed by atoms with van der Waals surface area (Å²) in [5.41, 5.74) is 4.21. The molecule has 0 saturated carbocycles. The number of nitrogens with zero attached hydrogens (tertiary/aromatic N) is 2. The molecular formula is C29H32N2O4S. The lowest BCUT2D eigenvalue weighted by Gasteiger charge is -2.36. The zero-order valence-electron chi connectivity index (χ0n) is 21.2. The van der Waals surface area contributed by atoms with Gasteiger partial charge in [0.15, 0.2) is 16.6 Å². The molecule has 1 unspecified atom stereocenters. The molecule has 36 heavy (non-hydrogen) atoms. The number of amides is 1. The Balaban J connectivity index is 1.56. The summed E-state index contributed by atoms with van der Waals surface area (Å²) in [6.45, 7) is 6.21. The van der Waals surface area contributed by atoms with Gasteiger partial charge in [-0.3, -0.25) is 4.79 Å². The molecule has 188 valence electrons. The van der Waals surface area contributed by atoms with E-state index in [0.717, 1.165) is 40.1 Å². The van der Waals surface area contributed by atoms with Crippen LogP contribution in [0.2, 0.25) is 0 Å². The molecule has 1 aliphatic heterocycles. The number of hydrogen-bond acceptors (Lipinski definition) is 5. The van der Waals surface area contributed by atoms with Crippen molar-refractivity contribution in [2.24, 2.45) is 0 Å². The Bertz CT molecular complexity index is 1390. The van der Waals surface area contributed by atoms with E-state index in [4.69, 9.17) is 14.2 Å². The number of rotatable bonds is 8. The van der Waals surface area contributed by atoms with Crippen molar-refractivity contribution < 1.29 is 19.0 Å². The standard InChI is InChI=1S/C29H32N2O4S/c1-5-30-18-22(21-9-7-8-10-23(21)30)29(32)31-14-13-20-17-27(35-6-2)36-28(20)24(31)15-19-11-12-25(33-3)26(16-19)34-4/h7-12,16-18,24H,5-6,13-15H2,1-4H3. The highest BCUT2D eigenvalue weighted by atomic mass is 32.1. The molecular weight excluding hydrogens is 472 g/mol. The van der Waals surface area contributed by atoms with E-state index in [1.807, 2.05) is 48.4 Å². The van der Waals surface area contributed by atoms with Gasteiger partial charge >= 0.3 is 0 Å². The maximum atomic E-state index is 14.2. The van der Waals surface area contributed by atoms with Crippen LogP contribution in [0.15, 0.2) is 54.7 Å². The van der Waals surface area contributed by atoms with Crippen molar-refractivity contribution in [1.29, 1.82) is 0 Å². The summed E-state index contributed by atoms with van der Waals surface area (Å²) in [5.74, 6) is 1.46. The van der Waals surface area contributed by atoms with Crippen LogP contribution in [0.3, 0.4) is 0 Å². The molecule has 1 atom stereocenters. The van der Waals surface area contributed by atoms with Gasteiger partial charge in [0.2, 0.25) is 0 Å². The molecule has 1 aliphatic rings. The highest BCUT2D eigenvalue weighted by Crippen LogP contribution is 2.43. The van der Waals surface area contributed by atoms with Crippen molar-refractivity contribution in [2.75, 3.05) is 27.4 Å². The first-order chi connectivity index (χ1) is 17.6. The molecule has 4 aromatic rings. The van der Waals surface area contributed by atoms with Gasteiger partial charge in [-0.15, -0.1) is 11.3 Å². The zero-order valence-corrected chi connectivity index (χ0v) is 22.1. The Morgan fingerprint density at radius 3 is 2.61 bits per heavy atom. The second-order valence-electron chi connectivity index (χ2n) is 8.89. The van der Waals surface area contributed by atoms with Gasteiger partial charge in [0.1, 0.15) is 0 Å². The van der Waals surface area contributed by atoms with Crippen molar-refractivity contribution in [3.8, 4) is 16.6 Å². The summed E-state index contributed by atoms with van der Waals surface area (Å²) < 4.78 is 19.0. The fraction of sp³-hybridized carbons (Fsp3) is 0.345. The minimum atomic E-state index is -0.0951. The molecule has 5 rings (SSSR count). The number of fused-ring (bicyclic) bond motifs is 2. The van der Waals surface area contributed by atoms with Crippen LogP contribution < -0.4 is 14.2 Å². The lowest BCUT2D eigenvalue weighted by atomic mass is 9.94. The first-order valence-electron chi connectivity index (χ1n) is 12.4. The van der Waals surface area contributed by atoms with Crippen LogP contribution in [0.5, 0.6) is 16.6 Å². The fourth-order valence-electron chi connectivity index (χ4n) is 5.16. The van der Waals surface area contributed by atoms with Gasteiger partial charge in [-0.2, -0.15) is 0 Å². The Labute approximate surface area is 216 Å². The molecule has 0 radical (unpaired) electrons. The normalized spacial score (nSPS) is 15.1. The van der Waals surface area contributed by atoms with Crippen molar-refractivity contribution in [2.45, 2.75) is 39.3 Å².